The predicted molar refractivity (Wildman–Crippen MR) is 160 cm³/mol. The third-order valence-corrected chi connectivity index (χ3v) is 8.40. The topological polar surface area (TPSA) is 286 Å². The van der Waals surface area contributed by atoms with Gasteiger partial charge in [-0.3, -0.25) is 28.5 Å². The van der Waals surface area contributed by atoms with Crippen molar-refractivity contribution >= 4 is 49.3 Å². The minimum Gasteiger partial charge on any atom is -0.481 e. The maximum Gasteiger partial charge on any atom is 0.404 e. The van der Waals surface area contributed by atoms with Gasteiger partial charge in [-0.2, -0.15) is 0 Å². The number of hydrogen-bond acceptors (Lipinski definition) is 9. The van der Waals surface area contributed by atoms with Gasteiger partial charge in [-0.15, -0.1) is 0 Å². The molecule has 1 fully saturated rings. The van der Waals surface area contributed by atoms with E-state index < -0.39 is 112 Å². The lowest BCUT2D eigenvalue weighted by Crippen LogP contribution is -2.44. The number of nitrogens with zero attached hydrogens (tertiary/aromatic N) is 1. The van der Waals surface area contributed by atoms with Gasteiger partial charge in [0, 0.05) is 44.3 Å². The Hall–Kier alpha value is -4.45. The SMILES string of the molecule is O=C(O)CC[C@H](NP(=O)(O)O[C@@H]1C[C@@H](C(=O)O)N(C(=O)CC[C@H](NC(=O)CCCCCNC(=O)c2ccc([18F])cc2)C(=O)O)C1)C(=O)O. The van der Waals surface area contributed by atoms with Crippen molar-refractivity contribution in [3.63, 3.8) is 0 Å². The van der Waals surface area contributed by atoms with Crippen LogP contribution in [-0.4, -0.2) is 109 Å². The minimum absolute atomic E-state index is 0.0514. The number of likely N-dealkylation sites (tertiary alicyclic amines) is 1. The highest BCUT2D eigenvalue weighted by molar-refractivity contribution is 7.50. The van der Waals surface area contributed by atoms with Crippen molar-refractivity contribution in [3.8, 4) is 0 Å². The van der Waals surface area contributed by atoms with E-state index in [1.807, 2.05) is 5.09 Å². The minimum atomic E-state index is -4.93. The molecular formula is C28H38FN4O14P. The van der Waals surface area contributed by atoms with Crippen molar-refractivity contribution in [2.45, 2.75) is 82.0 Å². The number of carboxylic acids is 4. The molecule has 20 heteroatoms. The number of hydrogen-bond donors (Lipinski definition) is 8. The van der Waals surface area contributed by atoms with Crippen LogP contribution in [0.25, 0.3) is 0 Å². The van der Waals surface area contributed by atoms with Crippen LogP contribution in [0.3, 0.4) is 0 Å². The maximum atomic E-state index is 13.0. The van der Waals surface area contributed by atoms with Crippen LogP contribution in [0, 0.1) is 5.82 Å². The van der Waals surface area contributed by atoms with Gasteiger partial charge in [-0.25, -0.2) is 23.6 Å². The van der Waals surface area contributed by atoms with Crippen LogP contribution in [-0.2, 0) is 37.9 Å². The van der Waals surface area contributed by atoms with Crippen LogP contribution in [0.4, 0.5) is 4.39 Å². The van der Waals surface area contributed by atoms with Gasteiger partial charge in [0.05, 0.1) is 6.10 Å². The summed E-state index contributed by atoms with van der Waals surface area (Å²) in [5.74, 6) is -8.24. The predicted octanol–water partition coefficient (Wildman–Crippen LogP) is 0.544. The van der Waals surface area contributed by atoms with E-state index in [0.717, 1.165) is 17.0 Å². The van der Waals surface area contributed by atoms with E-state index in [4.69, 9.17) is 9.63 Å². The van der Waals surface area contributed by atoms with Gasteiger partial charge in [0.2, 0.25) is 11.8 Å². The Balaban J connectivity index is 1.82. The smallest absolute Gasteiger partial charge is 0.404 e. The van der Waals surface area contributed by atoms with E-state index in [-0.39, 0.29) is 17.9 Å². The van der Waals surface area contributed by atoms with E-state index in [1.54, 1.807) is 0 Å². The quantitative estimate of drug-likeness (QED) is 0.0641. The number of amides is 3. The Bertz CT molecular complexity index is 1390. The Labute approximate surface area is 273 Å². The second-order valence-corrected chi connectivity index (χ2v) is 12.4. The largest absolute Gasteiger partial charge is 0.481 e. The summed E-state index contributed by atoms with van der Waals surface area (Å²) in [6, 6.07) is 0.198. The molecule has 18 nitrogen and oxygen atoms in total. The number of carboxylic acid groups (broad SMARTS) is 4. The Morgan fingerprint density at radius 3 is 2.10 bits per heavy atom. The molecule has 0 aliphatic carbocycles. The third-order valence-electron chi connectivity index (χ3n) is 7.18. The van der Waals surface area contributed by atoms with Gasteiger partial charge in [-0.1, -0.05) is 6.42 Å². The molecule has 8 N–H and O–H groups in total. The fraction of sp³-hybridized carbons (Fsp3) is 0.536. The van der Waals surface area contributed by atoms with Gasteiger partial charge in [0.1, 0.15) is 23.9 Å². The lowest BCUT2D eigenvalue weighted by atomic mass is 10.1. The first-order valence-electron chi connectivity index (χ1n) is 14.8. The van der Waals surface area contributed by atoms with Gasteiger partial charge in [0.25, 0.3) is 5.91 Å². The number of unbranched alkanes of at least 4 members (excludes halogenated alkanes) is 2. The summed E-state index contributed by atoms with van der Waals surface area (Å²) in [6.45, 7) is -0.219. The summed E-state index contributed by atoms with van der Waals surface area (Å²) in [6.07, 6.45) is -2.62. The molecule has 3 amide bonds. The number of carbonyl (C=O) groups is 7. The summed E-state index contributed by atoms with van der Waals surface area (Å²) in [7, 11) is -4.93. The normalized spacial score (nSPS) is 18.2. The zero-order valence-electron chi connectivity index (χ0n) is 25.6. The van der Waals surface area contributed by atoms with Crippen LogP contribution in [0.15, 0.2) is 24.3 Å². The van der Waals surface area contributed by atoms with Crippen molar-refractivity contribution in [2.75, 3.05) is 13.1 Å². The monoisotopic (exact) mass is 703 g/mol. The van der Waals surface area contributed by atoms with Crippen LogP contribution in [0.1, 0.15) is 68.1 Å². The molecule has 0 radical (unpaired) electrons. The number of nitrogens with one attached hydrogen (secondary N) is 3. The van der Waals surface area contributed by atoms with E-state index in [0.29, 0.717) is 25.8 Å². The molecule has 0 saturated carbocycles. The first kappa shape index (κ1) is 39.7. The van der Waals surface area contributed by atoms with Crippen LogP contribution in [0.2, 0.25) is 0 Å². The van der Waals surface area contributed by atoms with Crippen molar-refractivity contribution in [1.29, 1.82) is 0 Å². The molecule has 0 bridgehead atoms. The highest BCUT2D eigenvalue weighted by Crippen LogP contribution is 2.42. The van der Waals surface area contributed by atoms with Crippen LogP contribution in [0.5, 0.6) is 0 Å². The first-order valence-corrected chi connectivity index (χ1v) is 16.4. The van der Waals surface area contributed by atoms with Gasteiger partial charge in [-0.05, 0) is 49.9 Å². The van der Waals surface area contributed by atoms with Crippen LogP contribution < -0.4 is 15.7 Å². The summed E-state index contributed by atoms with van der Waals surface area (Å²) in [5.41, 5.74) is 0.288. The van der Waals surface area contributed by atoms with E-state index in [2.05, 4.69) is 10.6 Å². The highest BCUT2D eigenvalue weighted by atomic mass is 31.2. The van der Waals surface area contributed by atoms with Crippen molar-refractivity contribution in [1.82, 2.24) is 20.6 Å². The molecule has 266 valence electrons. The summed E-state index contributed by atoms with van der Waals surface area (Å²) in [4.78, 5) is 93.8. The number of aliphatic carboxylic acids is 4. The summed E-state index contributed by atoms with van der Waals surface area (Å²) in [5, 5.41) is 43.8. The van der Waals surface area contributed by atoms with Gasteiger partial charge < -0.3 is 40.9 Å². The molecule has 0 spiro atoms. The first-order chi connectivity index (χ1) is 22.5. The van der Waals surface area contributed by atoms with Gasteiger partial charge >= 0.3 is 31.6 Å². The summed E-state index contributed by atoms with van der Waals surface area (Å²) < 4.78 is 30.5. The van der Waals surface area contributed by atoms with Crippen molar-refractivity contribution in [3.05, 3.63) is 35.6 Å². The van der Waals surface area contributed by atoms with E-state index >= 15 is 0 Å². The molecule has 5 atom stereocenters. The lowest BCUT2D eigenvalue weighted by molar-refractivity contribution is -0.148. The Morgan fingerprint density at radius 1 is 0.896 bits per heavy atom. The summed E-state index contributed by atoms with van der Waals surface area (Å²) >= 11 is 0. The van der Waals surface area contributed by atoms with E-state index in [1.165, 1.54) is 12.1 Å². The second-order valence-electron chi connectivity index (χ2n) is 10.9. The molecule has 1 aromatic carbocycles. The molecular weight excluding hydrogens is 665 g/mol. The second kappa shape index (κ2) is 18.8. The molecule has 1 aliphatic rings. The lowest BCUT2D eigenvalue weighted by Gasteiger charge is -2.23. The molecule has 1 heterocycles. The molecule has 1 saturated heterocycles. The molecule has 2 rings (SSSR count). The Kier molecular flexibility index (Phi) is 15.5. The van der Waals surface area contributed by atoms with Crippen LogP contribution >= 0.6 is 7.75 Å². The number of rotatable bonds is 21. The number of benzene rings is 1. The number of halogens is 1. The van der Waals surface area contributed by atoms with Gasteiger partial charge in [0.15, 0.2) is 0 Å². The molecule has 48 heavy (non-hydrogen) atoms. The molecule has 1 unspecified atom stereocenters. The third kappa shape index (κ3) is 13.7. The fourth-order valence-electron chi connectivity index (χ4n) is 4.75. The fourth-order valence-corrected chi connectivity index (χ4v) is 6.00. The molecule has 1 aliphatic heterocycles. The zero-order chi connectivity index (χ0) is 36.0. The molecule has 0 aromatic heterocycles. The van der Waals surface area contributed by atoms with Crippen molar-refractivity contribution < 1.29 is 72.4 Å². The molecule has 1 aromatic rings. The average Bonchev–Trinajstić information content (AvgIpc) is 3.42. The maximum absolute atomic E-state index is 13.0. The standard InChI is InChI=1S/C28H38FN4O14P/c29-17-7-5-16(6-8-17)25(38)30-13-3-1-2-4-22(34)31-19(26(39)40)9-11-23(35)33-15-18(14-21(33)28(43)44)47-48(45,46)32-20(27(41)42)10-12-24(36)37/h5-8,18-21H,1-4,9-15H2,(H,30,38)(H,31,34)(H,36,37)(H,39,40)(H,41,42)(H,43,44)(H2,32,45,46)/t18-,19+,20+,21+/m1/s1/i29-1. The highest BCUT2D eigenvalue weighted by Gasteiger charge is 2.43. The number of carbonyl (C=O) groups excluding carboxylic acids is 3. The van der Waals surface area contributed by atoms with Crippen molar-refractivity contribution in [2.24, 2.45) is 0 Å². The average molecular weight is 704 g/mol. The Morgan fingerprint density at radius 2 is 1.52 bits per heavy atom. The zero-order valence-corrected chi connectivity index (χ0v) is 26.5. The van der Waals surface area contributed by atoms with E-state index in [9.17, 15) is 62.7 Å².